The van der Waals surface area contributed by atoms with Gasteiger partial charge in [-0.15, -0.1) is 0 Å². The molecule has 1 amide bonds. The smallest absolute Gasteiger partial charge is 0.265 e. The van der Waals surface area contributed by atoms with Crippen molar-refractivity contribution in [3.63, 3.8) is 0 Å². The first kappa shape index (κ1) is 18.0. The van der Waals surface area contributed by atoms with Gasteiger partial charge in [0.2, 0.25) is 0 Å². The van der Waals surface area contributed by atoms with Crippen LogP contribution in [0.3, 0.4) is 0 Å². The zero-order valence-electron chi connectivity index (χ0n) is 14.5. The highest BCUT2D eigenvalue weighted by Crippen LogP contribution is 2.25. The first-order chi connectivity index (χ1) is 11.3. The number of carbonyl (C=O) groups is 1. The maximum Gasteiger partial charge on any atom is 0.265 e. The van der Waals surface area contributed by atoms with Crippen LogP contribution in [0.25, 0.3) is 0 Å². The molecule has 1 heterocycles. The molecule has 2 aromatic rings. The molecule has 0 unspecified atom stereocenters. The molecule has 0 saturated heterocycles. The number of hydrogen-bond acceptors (Lipinski definition) is 5. The SMILES string of the molecule is Cc1cc(O[C@H](C)C(=O)Nc2snc(C)c2C#N)ccc1C(C)C. The first-order valence-electron chi connectivity index (χ1n) is 7.78. The molecule has 0 aliphatic carbocycles. The van der Waals surface area contributed by atoms with Crippen LogP contribution in [0.4, 0.5) is 5.00 Å². The highest BCUT2D eigenvalue weighted by molar-refractivity contribution is 7.10. The van der Waals surface area contributed by atoms with Gasteiger partial charge in [0.15, 0.2) is 6.10 Å². The molecule has 1 aromatic carbocycles. The zero-order valence-corrected chi connectivity index (χ0v) is 15.3. The number of nitriles is 1. The van der Waals surface area contributed by atoms with Crippen LogP contribution < -0.4 is 10.1 Å². The third-order valence-electron chi connectivity index (χ3n) is 3.76. The molecule has 1 N–H and O–H groups in total. The molecule has 0 aliphatic heterocycles. The normalized spacial score (nSPS) is 11.9. The molecule has 24 heavy (non-hydrogen) atoms. The Bertz CT molecular complexity index is 790. The van der Waals surface area contributed by atoms with Crippen LogP contribution in [0.2, 0.25) is 0 Å². The summed E-state index contributed by atoms with van der Waals surface area (Å²) in [5.74, 6) is 0.792. The van der Waals surface area contributed by atoms with E-state index in [-0.39, 0.29) is 5.91 Å². The van der Waals surface area contributed by atoms with E-state index in [1.807, 2.05) is 25.1 Å². The summed E-state index contributed by atoms with van der Waals surface area (Å²) >= 11 is 1.10. The summed E-state index contributed by atoms with van der Waals surface area (Å²) in [6.45, 7) is 9.74. The van der Waals surface area contributed by atoms with E-state index in [0.29, 0.717) is 27.9 Å². The lowest BCUT2D eigenvalue weighted by atomic mass is 9.98. The second kappa shape index (κ2) is 7.45. The van der Waals surface area contributed by atoms with E-state index in [9.17, 15) is 4.79 Å². The van der Waals surface area contributed by atoms with Crippen molar-refractivity contribution in [1.29, 1.82) is 5.26 Å². The van der Waals surface area contributed by atoms with Gasteiger partial charge in [-0.3, -0.25) is 4.79 Å². The van der Waals surface area contributed by atoms with Gasteiger partial charge < -0.3 is 10.1 Å². The minimum absolute atomic E-state index is 0.305. The number of nitrogens with zero attached hydrogens (tertiary/aromatic N) is 2. The van der Waals surface area contributed by atoms with Crippen LogP contribution in [-0.4, -0.2) is 16.4 Å². The van der Waals surface area contributed by atoms with Gasteiger partial charge in [-0.2, -0.15) is 9.64 Å². The van der Waals surface area contributed by atoms with Crippen LogP contribution in [0.1, 0.15) is 49.1 Å². The Hall–Kier alpha value is -2.39. The maximum absolute atomic E-state index is 12.3. The summed E-state index contributed by atoms with van der Waals surface area (Å²) in [4.78, 5) is 12.3. The summed E-state index contributed by atoms with van der Waals surface area (Å²) < 4.78 is 9.82. The van der Waals surface area contributed by atoms with Crippen LogP contribution in [0.5, 0.6) is 5.75 Å². The van der Waals surface area contributed by atoms with E-state index in [4.69, 9.17) is 10.00 Å². The molecular weight excluding hydrogens is 322 g/mol. The monoisotopic (exact) mass is 343 g/mol. The van der Waals surface area contributed by atoms with Gasteiger partial charge in [0.25, 0.3) is 5.91 Å². The average Bonchev–Trinajstić information content (AvgIpc) is 2.86. The fourth-order valence-corrected chi connectivity index (χ4v) is 3.18. The van der Waals surface area contributed by atoms with Crippen molar-refractivity contribution in [3.05, 3.63) is 40.6 Å². The summed E-state index contributed by atoms with van der Waals surface area (Å²) in [5, 5.41) is 12.3. The fraction of sp³-hybridized carbons (Fsp3) is 0.389. The Kier molecular flexibility index (Phi) is 5.58. The number of rotatable bonds is 5. The second-order valence-electron chi connectivity index (χ2n) is 6.01. The minimum Gasteiger partial charge on any atom is -0.481 e. The third kappa shape index (κ3) is 3.92. The molecule has 0 aliphatic rings. The van der Waals surface area contributed by atoms with Gasteiger partial charge >= 0.3 is 0 Å². The van der Waals surface area contributed by atoms with Gasteiger partial charge in [-0.05, 0) is 61.5 Å². The summed E-state index contributed by atoms with van der Waals surface area (Å²) in [7, 11) is 0. The molecule has 0 spiro atoms. The van der Waals surface area contributed by atoms with Gasteiger partial charge in [0.1, 0.15) is 22.4 Å². The van der Waals surface area contributed by atoms with E-state index in [1.165, 1.54) is 5.56 Å². The minimum atomic E-state index is -0.678. The van der Waals surface area contributed by atoms with Crippen molar-refractivity contribution in [2.45, 2.75) is 46.6 Å². The van der Waals surface area contributed by atoms with E-state index >= 15 is 0 Å². The number of ether oxygens (including phenoxy) is 1. The highest BCUT2D eigenvalue weighted by atomic mass is 32.1. The lowest BCUT2D eigenvalue weighted by Crippen LogP contribution is -2.30. The van der Waals surface area contributed by atoms with Gasteiger partial charge in [0.05, 0.1) is 5.69 Å². The summed E-state index contributed by atoms with van der Waals surface area (Å²) in [6.07, 6.45) is -0.678. The van der Waals surface area contributed by atoms with Crippen molar-refractivity contribution >= 4 is 22.4 Å². The molecule has 5 nitrogen and oxygen atoms in total. The molecule has 126 valence electrons. The van der Waals surface area contributed by atoms with Crippen molar-refractivity contribution < 1.29 is 9.53 Å². The molecule has 1 atom stereocenters. The molecule has 0 fully saturated rings. The summed E-state index contributed by atoms with van der Waals surface area (Å²) in [5.41, 5.74) is 3.42. The number of amides is 1. The van der Waals surface area contributed by atoms with E-state index in [1.54, 1.807) is 13.8 Å². The van der Waals surface area contributed by atoms with Gasteiger partial charge in [-0.1, -0.05) is 19.9 Å². The standard InChI is InChI=1S/C18H21N3O2S/c1-10(2)15-7-6-14(8-11(15)3)23-13(5)17(22)20-18-16(9-19)12(4)21-24-18/h6-8,10,13H,1-5H3,(H,20,22)/t13-/m1/s1. The topological polar surface area (TPSA) is 75.0 Å². The number of aromatic nitrogens is 1. The Labute approximate surface area is 146 Å². The summed E-state index contributed by atoms with van der Waals surface area (Å²) in [6, 6.07) is 7.90. The Balaban J connectivity index is 2.06. The molecule has 0 radical (unpaired) electrons. The maximum atomic E-state index is 12.3. The molecule has 1 aromatic heterocycles. The highest BCUT2D eigenvalue weighted by Gasteiger charge is 2.19. The lowest BCUT2D eigenvalue weighted by molar-refractivity contribution is -0.122. The number of aryl methyl sites for hydroxylation is 2. The van der Waals surface area contributed by atoms with E-state index in [2.05, 4.69) is 29.6 Å². The predicted molar refractivity (Wildman–Crippen MR) is 95.6 cm³/mol. The van der Waals surface area contributed by atoms with Crippen LogP contribution >= 0.6 is 11.5 Å². The Morgan fingerprint density at radius 2 is 2.04 bits per heavy atom. The van der Waals surface area contributed by atoms with Gasteiger partial charge in [0, 0.05) is 0 Å². The van der Waals surface area contributed by atoms with E-state index in [0.717, 1.165) is 17.1 Å². The Morgan fingerprint density at radius 3 is 2.62 bits per heavy atom. The van der Waals surface area contributed by atoms with Crippen LogP contribution in [-0.2, 0) is 4.79 Å². The quantitative estimate of drug-likeness (QED) is 0.884. The van der Waals surface area contributed by atoms with E-state index < -0.39 is 6.10 Å². The van der Waals surface area contributed by atoms with Crippen LogP contribution in [0, 0.1) is 25.2 Å². The first-order valence-corrected chi connectivity index (χ1v) is 8.55. The second-order valence-corrected chi connectivity index (χ2v) is 6.78. The van der Waals surface area contributed by atoms with Gasteiger partial charge in [-0.25, -0.2) is 0 Å². The predicted octanol–water partition coefficient (Wildman–Crippen LogP) is 4.16. The third-order valence-corrected chi connectivity index (χ3v) is 4.61. The van der Waals surface area contributed by atoms with Crippen molar-refractivity contribution in [2.75, 3.05) is 5.32 Å². The molecule has 0 saturated carbocycles. The average molecular weight is 343 g/mol. The molecule has 0 bridgehead atoms. The molecule has 2 rings (SSSR count). The Morgan fingerprint density at radius 1 is 1.33 bits per heavy atom. The molecule has 6 heteroatoms. The number of benzene rings is 1. The molecular formula is C18H21N3O2S. The lowest BCUT2D eigenvalue weighted by Gasteiger charge is -2.16. The van der Waals surface area contributed by atoms with Crippen molar-refractivity contribution in [3.8, 4) is 11.8 Å². The number of carbonyl (C=O) groups excluding carboxylic acids is 1. The number of nitrogens with one attached hydrogen (secondary N) is 1. The zero-order chi connectivity index (χ0) is 17.9. The fourth-order valence-electron chi connectivity index (χ4n) is 2.43. The largest absolute Gasteiger partial charge is 0.481 e. The van der Waals surface area contributed by atoms with Crippen molar-refractivity contribution in [1.82, 2.24) is 4.37 Å². The number of anilines is 1. The van der Waals surface area contributed by atoms with Crippen molar-refractivity contribution in [2.24, 2.45) is 0 Å². The van der Waals surface area contributed by atoms with Crippen LogP contribution in [0.15, 0.2) is 18.2 Å². The number of hydrogen-bond donors (Lipinski definition) is 1.